The number of hydrogen-bond acceptors (Lipinski definition) is 8. The molecule has 36 heavy (non-hydrogen) atoms. The summed E-state index contributed by atoms with van der Waals surface area (Å²) in [5.74, 6) is -1.65. The molecule has 0 bridgehead atoms. The number of ketones is 1. The van der Waals surface area contributed by atoms with Crippen LogP contribution in [0.5, 0.6) is 5.75 Å². The minimum absolute atomic E-state index is 0.140. The molecule has 0 spiro atoms. The molecule has 2 heterocycles. The summed E-state index contributed by atoms with van der Waals surface area (Å²) in [6, 6.07) is 16.6. The van der Waals surface area contributed by atoms with Gasteiger partial charge in [-0.25, -0.2) is 4.98 Å². The second-order valence-electron chi connectivity index (χ2n) is 8.22. The lowest BCUT2D eigenvalue weighted by atomic mass is 9.95. The number of amides is 1. The van der Waals surface area contributed by atoms with Crippen molar-refractivity contribution in [1.82, 2.24) is 4.98 Å². The van der Waals surface area contributed by atoms with Crippen LogP contribution in [0.2, 0.25) is 0 Å². The molecule has 4 aromatic rings. The van der Waals surface area contributed by atoms with Gasteiger partial charge in [-0.2, -0.15) is 0 Å². The van der Waals surface area contributed by atoms with Crippen LogP contribution in [0.4, 0.5) is 10.8 Å². The number of ether oxygens (including phenoxy) is 1. The lowest BCUT2D eigenvalue weighted by Crippen LogP contribution is -2.29. The number of non-ortho nitro benzene ring substituents is 1. The molecule has 9 nitrogen and oxygen atoms in total. The van der Waals surface area contributed by atoms with E-state index < -0.39 is 22.7 Å². The number of nitro benzene ring substituents is 1. The number of hydrogen-bond donors (Lipinski definition) is 1. The van der Waals surface area contributed by atoms with Crippen molar-refractivity contribution in [2.75, 3.05) is 12.0 Å². The highest BCUT2D eigenvalue weighted by atomic mass is 32.1. The zero-order valence-corrected chi connectivity index (χ0v) is 20.0. The van der Waals surface area contributed by atoms with Crippen LogP contribution in [0, 0.1) is 17.0 Å². The number of methoxy groups -OCH3 is 1. The zero-order chi connectivity index (χ0) is 25.6. The van der Waals surface area contributed by atoms with Crippen LogP contribution in [0.15, 0.2) is 72.3 Å². The highest BCUT2D eigenvalue weighted by Gasteiger charge is 2.48. The maximum atomic E-state index is 13.3. The summed E-state index contributed by atoms with van der Waals surface area (Å²) in [5.41, 5.74) is 2.11. The van der Waals surface area contributed by atoms with Gasteiger partial charge in [-0.15, -0.1) is 0 Å². The third kappa shape index (κ3) is 3.87. The van der Waals surface area contributed by atoms with E-state index in [1.165, 1.54) is 47.6 Å². The quantitative estimate of drug-likeness (QED) is 0.132. The molecule has 180 valence electrons. The molecule has 0 saturated carbocycles. The number of nitro groups is 1. The predicted octanol–water partition coefficient (Wildman–Crippen LogP) is 5.15. The van der Waals surface area contributed by atoms with Gasteiger partial charge in [0.15, 0.2) is 5.13 Å². The highest BCUT2D eigenvalue weighted by Crippen LogP contribution is 2.44. The number of nitrogens with zero attached hydrogens (tertiary/aromatic N) is 3. The summed E-state index contributed by atoms with van der Waals surface area (Å²) in [6.45, 7) is 1.94. The first-order chi connectivity index (χ1) is 17.3. The number of aromatic nitrogens is 1. The topological polar surface area (TPSA) is 123 Å². The SMILES string of the molecule is COc1cccc(/C(O)=C2\C(=O)C(=O)N(c3nc4ccc(C)cc4s3)C2c2ccc([N+](=O)[O-])cc2)c1. The number of carbonyl (C=O) groups is 2. The van der Waals surface area contributed by atoms with E-state index in [0.717, 1.165) is 10.3 Å². The fraction of sp³-hybridized carbons (Fsp3) is 0.115. The zero-order valence-electron chi connectivity index (χ0n) is 19.2. The number of aryl methyl sites for hydroxylation is 1. The largest absolute Gasteiger partial charge is 0.507 e. The summed E-state index contributed by atoms with van der Waals surface area (Å²) in [4.78, 5) is 43.1. The second kappa shape index (κ2) is 8.90. The summed E-state index contributed by atoms with van der Waals surface area (Å²) < 4.78 is 6.06. The number of rotatable bonds is 5. The van der Waals surface area contributed by atoms with E-state index in [1.807, 2.05) is 25.1 Å². The molecule has 10 heteroatoms. The van der Waals surface area contributed by atoms with Gasteiger partial charge < -0.3 is 9.84 Å². The van der Waals surface area contributed by atoms with E-state index in [0.29, 0.717) is 22.4 Å². The molecular formula is C26H19N3O6S. The fourth-order valence-electron chi connectivity index (χ4n) is 4.17. The van der Waals surface area contributed by atoms with Crippen molar-refractivity contribution in [3.05, 3.63) is 99.1 Å². The number of carbonyl (C=O) groups excluding carboxylic acids is 2. The van der Waals surface area contributed by atoms with E-state index in [9.17, 15) is 24.8 Å². The van der Waals surface area contributed by atoms with Crippen LogP contribution in [-0.2, 0) is 9.59 Å². The van der Waals surface area contributed by atoms with E-state index >= 15 is 0 Å². The average Bonchev–Trinajstić information content (AvgIpc) is 3.41. The molecule has 0 aliphatic carbocycles. The lowest BCUT2D eigenvalue weighted by Gasteiger charge is -2.22. The first-order valence-electron chi connectivity index (χ1n) is 10.9. The molecule has 1 unspecified atom stereocenters. The molecule has 1 aromatic heterocycles. The molecule has 1 amide bonds. The number of thiazole rings is 1. The van der Waals surface area contributed by atoms with Gasteiger partial charge in [0.25, 0.3) is 11.5 Å². The Labute approximate surface area is 209 Å². The van der Waals surface area contributed by atoms with Crippen molar-refractivity contribution in [2.45, 2.75) is 13.0 Å². The Morgan fingerprint density at radius 2 is 1.86 bits per heavy atom. The fourth-order valence-corrected chi connectivity index (χ4v) is 5.26. The van der Waals surface area contributed by atoms with Gasteiger partial charge in [-0.05, 0) is 54.4 Å². The first-order valence-corrected chi connectivity index (χ1v) is 11.7. The van der Waals surface area contributed by atoms with E-state index in [2.05, 4.69) is 4.98 Å². The third-order valence-corrected chi connectivity index (χ3v) is 6.96. The van der Waals surface area contributed by atoms with Crippen molar-refractivity contribution < 1.29 is 24.4 Å². The number of anilines is 1. The van der Waals surface area contributed by atoms with Crippen molar-refractivity contribution in [3.8, 4) is 5.75 Å². The van der Waals surface area contributed by atoms with Crippen molar-refractivity contribution in [1.29, 1.82) is 0 Å². The maximum absolute atomic E-state index is 13.3. The Hall–Kier alpha value is -4.57. The number of aliphatic hydroxyl groups is 1. The van der Waals surface area contributed by atoms with Crippen molar-refractivity contribution in [2.24, 2.45) is 0 Å². The van der Waals surface area contributed by atoms with Crippen LogP contribution in [0.1, 0.15) is 22.7 Å². The molecule has 1 saturated heterocycles. The van der Waals surface area contributed by atoms with Crippen molar-refractivity contribution >= 4 is 49.8 Å². The molecule has 0 radical (unpaired) electrons. The van der Waals surface area contributed by atoms with E-state index in [-0.39, 0.29) is 22.2 Å². The normalized spacial score (nSPS) is 17.1. The highest BCUT2D eigenvalue weighted by molar-refractivity contribution is 7.22. The molecular weight excluding hydrogens is 482 g/mol. The number of Topliss-reactive ketones (excluding diaryl/α,β-unsaturated/α-hetero) is 1. The third-order valence-electron chi connectivity index (χ3n) is 5.95. The Kier molecular flexibility index (Phi) is 5.73. The second-order valence-corrected chi connectivity index (χ2v) is 9.23. The Balaban J connectivity index is 1.72. The summed E-state index contributed by atoms with van der Waals surface area (Å²) in [7, 11) is 1.48. The first kappa shape index (κ1) is 23.2. The maximum Gasteiger partial charge on any atom is 0.301 e. The summed E-state index contributed by atoms with van der Waals surface area (Å²) in [5, 5.41) is 22.7. The van der Waals surface area contributed by atoms with Gasteiger partial charge in [0.2, 0.25) is 0 Å². The summed E-state index contributed by atoms with van der Waals surface area (Å²) in [6.07, 6.45) is 0. The van der Waals surface area contributed by atoms with Gasteiger partial charge in [-0.3, -0.25) is 24.6 Å². The Bertz CT molecular complexity index is 1570. The van der Waals surface area contributed by atoms with Crippen LogP contribution in [0.25, 0.3) is 16.0 Å². The van der Waals surface area contributed by atoms with E-state index in [1.54, 1.807) is 24.3 Å². The van der Waals surface area contributed by atoms with Gasteiger partial charge in [-0.1, -0.05) is 29.5 Å². The minimum Gasteiger partial charge on any atom is -0.507 e. The molecule has 1 atom stereocenters. The van der Waals surface area contributed by atoms with Gasteiger partial charge in [0.1, 0.15) is 11.5 Å². The molecule has 1 fully saturated rings. The molecule has 1 aliphatic rings. The molecule has 1 aliphatic heterocycles. The molecule has 1 N–H and O–H groups in total. The minimum atomic E-state index is -1.04. The molecule has 3 aromatic carbocycles. The number of fused-ring (bicyclic) bond motifs is 1. The van der Waals surface area contributed by atoms with Gasteiger partial charge >= 0.3 is 5.91 Å². The smallest absolute Gasteiger partial charge is 0.301 e. The van der Waals surface area contributed by atoms with Crippen LogP contribution >= 0.6 is 11.3 Å². The summed E-state index contributed by atoms with van der Waals surface area (Å²) >= 11 is 1.25. The lowest BCUT2D eigenvalue weighted by molar-refractivity contribution is -0.384. The Morgan fingerprint density at radius 3 is 2.56 bits per heavy atom. The number of benzene rings is 3. The average molecular weight is 502 g/mol. The molecule has 5 rings (SSSR count). The van der Waals surface area contributed by atoms with E-state index in [4.69, 9.17) is 4.74 Å². The number of aliphatic hydroxyl groups excluding tert-OH is 1. The van der Waals surface area contributed by atoms with Crippen molar-refractivity contribution in [3.63, 3.8) is 0 Å². The monoisotopic (exact) mass is 501 g/mol. The standard InChI is InChI=1S/C26H19N3O6S/c1-14-6-11-19-20(12-14)36-26(27-19)28-22(15-7-9-17(10-8-15)29(33)34)21(24(31)25(28)32)23(30)16-4-3-5-18(13-16)35-2/h3-13,22,30H,1-2H3/b23-21+. The van der Waals surface area contributed by atoms with Gasteiger partial charge in [0, 0.05) is 17.7 Å². The van der Waals surface area contributed by atoms with Gasteiger partial charge in [0.05, 0.1) is 33.9 Å². The van der Waals surface area contributed by atoms with Crippen LogP contribution in [-0.4, -0.2) is 33.8 Å². The van der Waals surface area contributed by atoms with Crippen LogP contribution < -0.4 is 9.64 Å². The van der Waals surface area contributed by atoms with Crippen LogP contribution in [0.3, 0.4) is 0 Å². The Morgan fingerprint density at radius 1 is 1.11 bits per heavy atom. The predicted molar refractivity (Wildman–Crippen MR) is 135 cm³/mol.